The van der Waals surface area contributed by atoms with Gasteiger partial charge in [0.25, 0.3) is 0 Å². The first kappa shape index (κ1) is 14.4. The van der Waals surface area contributed by atoms with Crippen LogP contribution in [0, 0.1) is 0 Å². The third-order valence-electron chi connectivity index (χ3n) is 1.95. The Bertz CT molecular complexity index is 421. The van der Waals surface area contributed by atoms with Crippen molar-refractivity contribution >= 4 is 23.2 Å². The number of hydrogen-bond donors (Lipinski definition) is 0. The molecule has 0 saturated heterocycles. The van der Waals surface area contributed by atoms with Gasteiger partial charge in [0.2, 0.25) is 0 Å². The highest BCUT2D eigenvalue weighted by Gasteiger charge is 2.45. The molecule has 0 spiro atoms. The first-order valence-electron chi connectivity index (χ1n) is 4.10. The lowest BCUT2D eigenvalue weighted by molar-refractivity contribution is -0.162. The molecular formula is C9H4Cl2F6. The van der Waals surface area contributed by atoms with Crippen molar-refractivity contribution in [3.8, 4) is 0 Å². The summed E-state index contributed by atoms with van der Waals surface area (Å²) < 4.78 is 74.8. The Labute approximate surface area is 102 Å². The zero-order valence-corrected chi connectivity index (χ0v) is 9.40. The minimum absolute atomic E-state index is 0.200. The van der Waals surface area contributed by atoms with Crippen molar-refractivity contribution in [3.05, 3.63) is 33.8 Å². The van der Waals surface area contributed by atoms with E-state index in [1.165, 1.54) is 0 Å². The maximum Gasteiger partial charge on any atom is 0.418 e. The number of alkyl halides is 7. The lowest BCUT2D eigenvalue weighted by atomic mass is 10.0. The minimum Gasteiger partial charge on any atom is -0.166 e. The highest BCUT2D eigenvalue weighted by atomic mass is 35.5. The highest BCUT2D eigenvalue weighted by molar-refractivity contribution is 6.33. The fourth-order valence-electron chi connectivity index (χ4n) is 1.24. The summed E-state index contributed by atoms with van der Waals surface area (Å²) in [4.78, 5) is 0. The minimum atomic E-state index is -5.19. The summed E-state index contributed by atoms with van der Waals surface area (Å²) in [6, 6.07) is 1.15. The molecule has 8 heteroatoms. The molecule has 0 aliphatic rings. The van der Waals surface area contributed by atoms with Crippen LogP contribution in [0.3, 0.4) is 0 Å². The van der Waals surface area contributed by atoms with E-state index in [2.05, 4.69) is 0 Å². The molecule has 0 aliphatic carbocycles. The fourth-order valence-corrected chi connectivity index (χ4v) is 1.87. The Morgan fingerprint density at radius 1 is 0.941 bits per heavy atom. The second kappa shape index (κ2) is 4.57. The molecule has 0 aliphatic heterocycles. The number of benzene rings is 1. The van der Waals surface area contributed by atoms with Crippen molar-refractivity contribution < 1.29 is 26.3 Å². The van der Waals surface area contributed by atoms with Gasteiger partial charge >= 0.3 is 12.4 Å². The largest absolute Gasteiger partial charge is 0.418 e. The molecule has 0 heterocycles. The molecule has 0 aromatic heterocycles. The summed E-state index contributed by atoms with van der Waals surface area (Å²) in [5, 5.41) is -1.01. The van der Waals surface area contributed by atoms with Crippen molar-refractivity contribution in [1.82, 2.24) is 0 Å². The third-order valence-corrected chi connectivity index (χ3v) is 2.67. The Balaban J connectivity index is 3.59. The van der Waals surface area contributed by atoms with E-state index < -0.39 is 34.4 Å². The van der Waals surface area contributed by atoms with Gasteiger partial charge in [0.15, 0.2) is 0 Å². The van der Waals surface area contributed by atoms with E-state index in [0.717, 1.165) is 6.07 Å². The van der Waals surface area contributed by atoms with Crippen molar-refractivity contribution in [1.29, 1.82) is 0 Å². The number of halogens is 8. The molecule has 17 heavy (non-hydrogen) atoms. The predicted molar refractivity (Wildman–Crippen MR) is 51.0 cm³/mol. The van der Waals surface area contributed by atoms with E-state index in [1.54, 1.807) is 0 Å². The van der Waals surface area contributed by atoms with Crippen LogP contribution in [-0.2, 0) is 18.2 Å². The molecule has 0 bridgehead atoms. The van der Waals surface area contributed by atoms with Gasteiger partial charge in [0.1, 0.15) is 0 Å². The summed E-state index contributed by atoms with van der Waals surface area (Å²) >= 11 is 10.6. The maximum absolute atomic E-state index is 12.5. The summed E-state index contributed by atoms with van der Waals surface area (Å²) in [6.07, 6.45) is -10.3. The lowest BCUT2D eigenvalue weighted by Crippen LogP contribution is -2.17. The van der Waals surface area contributed by atoms with Crippen LogP contribution in [-0.4, -0.2) is 0 Å². The van der Waals surface area contributed by atoms with Gasteiger partial charge in [0.05, 0.1) is 16.1 Å². The van der Waals surface area contributed by atoms with Crippen molar-refractivity contribution in [2.75, 3.05) is 0 Å². The Morgan fingerprint density at radius 3 is 1.82 bits per heavy atom. The molecule has 1 rings (SSSR count). The predicted octanol–water partition coefficient (Wildman–Crippen LogP) is 5.12. The van der Waals surface area contributed by atoms with E-state index in [-0.39, 0.29) is 5.56 Å². The normalized spacial score (nSPS) is 12.9. The first-order chi connectivity index (χ1) is 7.59. The molecular weight excluding hydrogens is 293 g/mol. The van der Waals surface area contributed by atoms with Gasteiger partial charge in [-0.15, -0.1) is 11.6 Å². The summed E-state index contributed by atoms with van der Waals surface area (Å²) in [5.74, 6) is -0.403. The van der Waals surface area contributed by atoms with E-state index in [0.29, 0.717) is 6.07 Å². The molecule has 1 aromatic carbocycles. The van der Waals surface area contributed by atoms with Gasteiger partial charge in [0, 0.05) is 5.88 Å². The molecule has 1 aromatic rings. The van der Waals surface area contributed by atoms with Crippen molar-refractivity contribution in [2.45, 2.75) is 18.2 Å². The van der Waals surface area contributed by atoms with Gasteiger partial charge in [-0.2, -0.15) is 26.3 Å². The van der Waals surface area contributed by atoms with E-state index in [1.807, 2.05) is 0 Å². The highest BCUT2D eigenvalue weighted by Crippen LogP contribution is 2.44. The van der Waals surface area contributed by atoms with Crippen molar-refractivity contribution in [3.63, 3.8) is 0 Å². The van der Waals surface area contributed by atoms with Crippen LogP contribution in [0.15, 0.2) is 12.1 Å². The fraction of sp³-hybridized carbons (Fsp3) is 0.333. The summed E-state index contributed by atoms with van der Waals surface area (Å²) in [7, 11) is 0. The molecule has 96 valence electrons. The summed E-state index contributed by atoms with van der Waals surface area (Å²) in [6.45, 7) is 0. The number of hydrogen-bond acceptors (Lipinski definition) is 0. The zero-order valence-electron chi connectivity index (χ0n) is 7.89. The van der Waals surface area contributed by atoms with Crippen molar-refractivity contribution in [2.24, 2.45) is 0 Å². The van der Waals surface area contributed by atoms with E-state index >= 15 is 0 Å². The van der Waals surface area contributed by atoms with Gasteiger partial charge in [-0.25, -0.2) is 0 Å². The lowest BCUT2D eigenvalue weighted by Gasteiger charge is -2.18. The molecule has 0 nitrogen and oxygen atoms in total. The topological polar surface area (TPSA) is 0 Å². The second-order valence-corrected chi connectivity index (χ2v) is 3.74. The zero-order chi connectivity index (χ0) is 13.4. The smallest absolute Gasteiger partial charge is 0.166 e. The standard InChI is InChI=1S/C9H4Cl2F6/c10-3-4-1-2-5(8(12,13)14)6(7(4)11)9(15,16)17/h1-2H,3H2. The molecule has 0 N–H and O–H groups in total. The van der Waals surface area contributed by atoms with Crippen LogP contribution in [0.4, 0.5) is 26.3 Å². The van der Waals surface area contributed by atoms with Gasteiger partial charge in [-0.05, 0) is 11.6 Å². The van der Waals surface area contributed by atoms with Crippen LogP contribution in [0.2, 0.25) is 5.02 Å². The van der Waals surface area contributed by atoms with Crippen LogP contribution in [0.1, 0.15) is 16.7 Å². The molecule has 0 radical (unpaired) electrons. The molecule has 0 atom stereocenters. The molecule has 0 unspecified atom stereocenters. The van der Waals surface area contributed by atoms with Gasteiger partial charge in [-0.3, -0.25) is 0 Å². The Morgan fingerprint density at radius 2 is 1.47 bits per heavy atom. The quantitative estimate of drug-likeness (QED) is 0.499. The van der Waals surface area contributed by atoms with Gasteiger partial charge < -0.3 is 0 Å². The SMILES string of the molecule is FC(F)(F)c1ccc(CCl)c(Cl)c1C(F)(F)F. The molecule has 0 amide bonds. The van der Waals surface area contributed by atoms with E-state index in [9.17, 15) is 26.3 Å². The van der Waals surface area contributed by atoms with Crippen LogP contribution in [0.5, 0.6) is 0 Å². The van der Waals surface area contributed by atoms with Crippen LogP contribution in [0.25, 0.3) is 0 Å². The Kier molecular flexibility index (Phi) is 3.88. The third kappa shape index (κ3) is 2.98. The Hall–Kier alpha value is -0.620. The molecule has 0 fully saturated rings. The van der Waals surface area contributed by atoms with E-state index in [4.69, 9.17) is 23.2 Å². The van der Waals surface area contributed by atoms with Crippen LogP contribution >= 0.6 is 23.2 Å². The maximum atomic E-state index is 12.5. The second-order valence-electron chi connectivity index (χ2n) is 3.09. The molecule has 0 saturated carbocycles. The summed E-state index contributed by atoms with van der Waals surface area (Å²) in [5.41, 5.74) is -3.91. The monoisotopic (exact) mass is 296 g/mol. The number of rotatable bonds is 1. The average Bonchev–Trinajstić information content (AvgIpc) is 2.13. The van der Waals surface area contributed by atoms with Crippen LogP contribution < -0.4 is 0 Å². The van der Waals surface area contributed by atoms with Gasteiger partial charge in [-0.1, -0.05) is 17.7 Å². The first-order valence-corrected chi connectivity index (χ1v) is 5.02. The average molecular weight is 297 g/mol.